The number of halogens is 2. The minimum absolute atomic E-state index is 0.0351. The highest BCUT2D eigenvalue weighted by molar-refractivity contribution is 6.42. The maximum absolute atomic E-state index is 13.7. The van der Waals surface area contributed by atoms with Crippen LogP contribution >= 0.6 is 23.2 Å². The van der Waals surface area contributed by atoms with Crippen LogP contribution in [0.4, 0.5) is 0 Å². The van der Waals surface area contributed by atoms with Crippen molar-refractivity contribution in [1.29, 1.82) is 0 Å². The van der Waals surface area contributed by atoms with Crippen LogP contribution in [0.3, 0.4) is 0 Å². The predicted octanol–water partition coefficient (Wildman–Crippen LogP) is 5.92. The Morgan fingerprint density at radius 2 is 1.66 bits per heavy atom. The van der Waals surface area contributed by atoms with Gasteiger partial charge in [-0.05, 0) is 79.5 Å². The van der Waals surface area contributed by atoms with E-state index >= 15 is 0 Å². The largest absolute Gasteiger partial charge is 0.508 e. The van der Waals surface area contributed by atoms with E-state index in [0.29, 0.717) is 10.0 Å². The lowest BCUT2D eigenvalue weighted by Gasteiger charge is -2.34. The Morgan fingerprint density at radius 3 is 2.29 bits per heavy atom. The molecule has 4 rings (SSSR count). The maximum atomic E-state index is 13.7. The average Bonchev–Trinajstić information content (AvgIpc) is 3.38. The van der Waals surface area contributed by atoms with Gasteiger partial charge in [-0.1, -0.05) is 65.7 Å². The van der Waals surface area contributed by atoms with E-state index in [-0.39, 0.29) is 17.7 Å². The van der Waals surface area contributed by atoms with Gasteiger partial charge in [-0.2, -0.15) is 0 Å². The molecular weight excluding hydrogens is 481 g/mol. The molecule has 2 N–H and O–H groups in total. The molecule has 2 atom stereocenters. The molecule has 1 amide bonds. The first-order valence-electron chi connectivity index (χ1n) is 11.9. The first-order chi connectivity index (χ1) is 16.9. The van der Waals surface area contributed by atoms with Crippen molar-refractivity contribution in [2.45, 2.75) is 24.9 Å². The lowest BCUT2D eigenvalue weighted by Crippen LogP contribution is -2.43. The van der Waals surface area contributed by atoms with Crippen LogP contribution < -0.4 is 5.32 Å². The summed E-state index contributed by atoms with van der Waals surface area (Å²) in [5.74, 6) is 0.205. The zero-order chi connectivity index (χ0) is 24.9. The molecule has 3 aromatic carbocycles. The molecule has 1 fully saturated rings. The molecule has 0 radical (unpaired) electrons. The number of phenols is 1. The number of nitrogens with one attached hydrogen (secondary N) is 1. The quantitative estimate of drug-likeness (QED) is 0.393. The van der Waals surface area contributed by atoms with E-state index in [1.807, 2.05) is 42.3 Å². The summed E-state index contributed by atoms with van der Waals surface area (Å²) in [6, 6.07) is 20.1. The van der Waals surface area contributed by atoms with Crippen LogP contribution in [0.25, 0.3) is 11.1 Å². The Hall–Kier alpha value is -2.57. The summed E-state index contributed by atoms with van der Waals surface area (Å²) in [5.41, 5.74) is 3.81. The van der Waals surface area contributed by atoms with Crippen LogP contribution in [0.15, 0.2) is 66.7 Å². The molecule has 0 saturated carbocycles. The monoisotopic (exact) mass is 511 g/mol. The highest BCUT2D eigenvalue weighted by Gasteiger charge is 2.30. The predicted molar refractivity (Wildman–Crippen MR) is 143 cm³/mol. The van der Waals surface area contributed by atoms with E-state index in [4.69, 9.17) is 23.2 Å². The molecule has 0 aromatic heterocycles. The van der Waals surface area contributed by atoms with Crippen LogP contribution in [0.1, 0.15) is 36.1 Å². The van der Waals surface area contributed by atoms with Crippen LogP contribution in [0.5, 0.6) is 5.75 Å². The fourth-order valence-electron chi connectivity index (χ4n) is 4.73. The van der Waals surface area contributed by atoms with Gasteiger partial charge in [0.15, 0.2) is 0 Å². The van der Waals surface area contributed by atoms with E-state index in [0.717, 1.165) is 41.9 Å². The number of hydrogen-bond acceptors (Lipinski definition) is 4. The number of benzene rings is 3. The van der Waals surface area contributed by atoms with Gasteiger partial charge in [0.05, 0.1) is 16.1 Å². The van der Waals surface area contributed by atoms with Crippen molar-refractivity contribution in [3.63, 3.8) is 0 Å². The number of amides is 1. The standard InChI is InChI=1S/C28H31Cl2N3O2/c1-31-27(22-12-13-24(29)25(30)17-22)28(35)32(2)26(18-33-14-3-4-15-33)20-10-8-19(9-11-20)21-6-5-7-23(34)16-21/h5-13,16-17,26-27,31,34H,3-4,14-15,18H2,1-2H3. The van der Waals surface area contributed by atoms with Gasteiger partial charge in [0.2, 0.25) is 5.91 Å². The van der Waals surface area contributed by atoms with E-state index < -0.39 is 6.04 Å². The van der Waals surface area contributed by atoms with Gasteiger partial charge in [-0.3, -0.25) is 4.79 Å². The van der Waals surface area contributed by atoms with E-state index in [1.165, 1.54) is 12.8 Å². The third-order valence-corrected chi connectivity index (χ3v) is 7.47. The third kappa shape index (κ3) is 5.99. The zero-order valence-electron chi connectivity index (χ0n) is 20.0. The summed E-state index contributed by atoms with van der Waals surface area (Å²) in [4.78, 5) is 18.0. The van der Waals surface area contributed by atoms with Crippen molar-refractivity contribution in [2.24, 2.45) is 0 Å². The van der Waals surface area contributed by atoms with Gasteiger partial charge in [0, 0.05) is 13.6 Å². The van der Waals surface area contributed by atoms with Crippen molar-refractivity contribution >= 4 is 29.1 Å². The molecule has 2 unspecified atom stereocenters. The van der Waals surface area contributed by atoms with E-state index in [9.17, 15) is 9.90 Å². The smallest absolute Gasteiger partial charge is 0.244 e. The van der Waals surface area contributed by atoms with Crippen LogP contribution in [-0.2, 0) is 4.79 Å². The van der Waals surface area contributed by atoms with Crippen molar-refractivity contribution in [2.75, 3.05) is 33.7 Å². The third-order valence-electron chi connectivity index (χ3n) is 6.73. The first-order valence-corrected chi connectivity index (χ1v) is 12.6. The van der Waals surface area contributed by atoms with E-state index in [2.05, 4.69) is 22.3 Å². The number of likely N-dealkylation sites (N-methyl/N-ethyl adjacent to an activating group) is 2. The summed E-state index contributed by atoms with van der Waals surface area (Å²) in [6.07, 6.45) is 2.37. The molecule has 1 heterocycles. The van der Waals surface area contributed by atoms with Gasteiger partial charge in [-0.25, -0.2) is 0 Å². The molecule has 7 heteroatoms. The Balaban J connectivity index is 1.62. The van der Waals surface area contributed by atoms with Gasteiger partial charge in [-0.15, -0.1) is 0 Å². The van der Waals surface area contributed by atoms with Gasteiger partial charge in [0.1, 0.15) is 11.8 Å². The van der Waals surface area contributed by atoms with Crippen LogP contribution in [0.2, 0.25) is 10.0 Å². The Morgan fingerprint density at radius 1 is 0.971 bits per heavy atom. The molecular formula is C28H31Cl2N3O2. The number of rotatable bonds is 8. The maximum Gasteiger partial charge on any atom is 0.244 e. The number of nitrogens with zero attached hydrogens (tertiary/aromatic N) is 2. The number of aromatic hydroxyl groups is 1. The van der Waals surface area contributed by atoms with Crippen molar-refractivity contribution in [3.05, 3.63) is 87.9 Å². The summed E-state index contributed by atoms with van der Waals surface area (Å²) in [7, 11) is 3.65. The molecule has 1 aliphatic rings. The molecule has 5 nitrogen and oxygen atoms in total. The summed E-state index contributed by atoms with van der Waals surface area (Å²) in [5, 5.41) is 13.9. The topological polar surface area (TPSA) is 55.8 Å². The number of carbonyl (C=O) groups excluding carboxylic acids is 1. The fourth-order valence-corrected chi connectivity index (χ4v) is 5.03. The lowest BCUT2D eigenvalue weighted by atomic mass is 9.98. The molecule has 0 aliphatic carbocycles. The van der Waals surface area contributed by atoms with Crippen LogP contribution in [-0.4, -0.2) is 54.5 Å². The Kier molecular flexibility index (Phi) is 8.34. The highest BCUT2D eigenvalue weighted by Crippen LogP contribution is 2.31. The molecule has 1 saturated heterocycles. The number of carbonyl (C=O) groups is 1. The lowest BCUT2D eigenvalue weighted by molar-refractivity contribution is -0.134. The van der Waals surface area contributed by atoms with Crippen molar-refractivity contribution in [3.8, 4) is 16.9 Å². The van der Waals surface area contributed by atoms with Crippen molar-refractivity contribution in [1.82, 2.24) is 15.1 Å². The fraction of sp³-hybridized carbons (Fsp3) is 0.321. The summed E-state index contributed by atoms with van der Waals surface area (Å²) < 4.78 is 0. The average molecular weight is 512 g/mol. The minimum atomic E-state index is -0.539. The number of phenolic OH excluding ortho intramolecular Hbond substituents is 1. The van der Waals surface area contributed by atoms with Crippen LogP contribution in [0, 0.1) is 0 Å². The second-order valence-electron chi connectivity index (χ2n) is 9.04. The van der Waals surface area contributed by atoms with Gasteiger partial charge >= 0.3 is 0 Å². The molecule has 1 aliphatic heterocycles. The molecule has 0 bridgehead atoms. The second kappa shape index (κ2) is 11.4. The minimum Gasteiger partial charge on any atom is -0.508 e. The molecule has 3 aromatic rings. The summed E-state index contributed by atoms with van der Waals surface area (Å²) in [6.45, 7) is 2.86. The Bertz CT molecular complexity index is 1160. The van der Waals surface area contributed by atoms with Gasteiger partial charge in [0.25, 0.3) is 0 Å². The Labute approximate surface area is 217 Å². The molecule has 0 spiro atoms. The number of hydrogen-bond donors (Lipinski definition) is 2. The van der Waals surface area contributed by atoms with E-state index in [1.54, 1.807) is 31.3 Å². The second-order valence-corrected chi connectivity index (χ2v) is 9.85. The number of likely N-dealkylation sites (tertiary alicyclic amines) is 1. The zero-order valence-corrected chi connectivity index (χ0v) is 21.6. The normalized spacial score (nSPS) is 15.7. The van der Waals surface area contributed by atoms with Gasteiger partial charge < -0.3 is 20.2 Å². The summed E-state index contributed by atoms with van der Waals surface area (Å²) >= 11 is 12.3. The molecule has 184 valence electrons. The molecule has 35 heavy (non-hydrogen) atoms. The SMILES string of the molecule is CNC(C(=O)N(C)C(CN1CCCC1)c1ccc(-c2cccc(O)c2)cc1)c1ccc(Cl)c(Cl)c1. The first kappa shape index (κ1) is 25.5. The van der Waals surface area contributed by atoms with Crippen molar-refractivity contribution < 1.29 is 9.90 Å². The highest BCUT2D eigenvalue weighted by atomic mass is 35.5.